The van der Waals surface area contributed by atoms with Crippen LogP contribution in [0.2, 0.25) is 0 Å². The number of hydrogen-bond acceptors (Lipinski definition) is 5. The second-order valence-electron chi connectivity index (χ2n) is 5.79. The number of nitro benzene ring substituents is 1. The lowest BCUT2D eigenvalue weighted by Gasteiger charge is -2.21. The molecule has 1 aromatic carbocycles. The highest BCUT2D eigenvalue weighted by Crippen LogP contribution is 2.28. The van der Waals surface area contributed by atoms with Gasteiger partial charge in [0.15, 0.2) is 5.58 Å². The van der Waals surface area contributed by atoms with Gasteiger partial charge < -0.3 is 9.73 Å². The molecule has 21 heavy (non-hydrogen) atoms. The van der Waals surface area contributed by atoms with Crippen molar-refractivity contribution in [1.29, 1.82) is 0 Å². The van der Waals surface area contributed by atoms with Gasteiger partial charge in [0.05, 0.1) is 11.0 Å². The molecule has 0 radical (unpaired) electrons. The van der Waals surface area contributed by atoms with Crippen LogP contribution in [0.15, 0.2) is 22.6 Å². The summed E-state index contributed by atoms with van der Waals surface area (Å²) in [6.45, 7) is 2.25. The summed E-state index contributed by atoms with van der Waals surface area (Å²) in [7, 11) is 0. The summed E-state index contributed by atoms with van der Waals surface area (Å²) in [6, 6.07) is 5.31. The van der Waals surface area contributed by atoms with E-state index >= 15 is 0 Å². The zero-order valence-electron chi connectivity index (χ0n) is 12.0. The number of non-ortho nitro benzene ring substituents is 1. The molecule has 6 heteroatoms. The Bertz CT molecular complexity index is 653. The Hall–Kier alpha value is -2.11. The number of nitrogens with one attached hydrogen (secondary N) is 1. The molecule has 1 saturated carbocycles. The maximum Gasteiger partial charge on any atom is 0.295 e. The first-order valence-corrected chi connectivity index (χ1v) is 7.45. The number of nitro groups is 1. The summed E-state index contributed by atoms with van der Waals surface area (Å²) >= 11 is 0. The minimum absolute atomic E-state index is 0.0213. The predicted octanol–water partition coefficient (Wildman–Crippen LogP) is 4.12. The Labute approximate surface area is 122 Å². The van der Waals surface area contributed by atoms with Gasteiger partial charge in [-0.25, -0.2) is 0 Å². The van der Waals surface area contributed by atoms with Gasteiger partial charge in [-0.3, -0.25) is 10.1 Å². The molecule has 0 bridgehead atoms. The van der Waals surface area contributed by atoms with Crippen molar-refractivity contribution in [3.63, 3.8) is 0 Å². The topological polar surface area (TPSA) is 81.2 Å². The molecule has 1 aliphatic rings. The van der Waals surface area contributed by atoms with E-state index in [2.05, 4.69) is 17.2 Å². The molecule has 0 saturated heterocycles. The number of anilines is 1. The molecule has 2 unspecified atom stereocenters. The summed E-state index contributed by atoms with van der Waals surface area (Å²) in [5.41, 5.74) is 1.12. The lowest BCUT2D eigenvalue weighted by Crippen LogP contribution is -2.26. The maximum absolute atomic E-state index is 10.8. The Kier molecular flexibility index (Phi) is 3.77. The Morgan fingerprint density at radius 1 is 1.33 bits per heavy atom. The highest BCUT2D eigenvalue weighted by Gasteiger charge is 2.21. The first-order chi connectivity index (χ1) is 10.1. The van der Waals surface area contributed by atoms with Crippen molar-refractivity contribution >= 4 is 22.8 Å². The first kappa shape index (κ1) is 13.9. The molecule has 2 atom stereocenters. The fraction of sp³-hybridized carbons (Fsp3) is 0.533. The smallest absolute Gasteiger partial charge is 0.295 e. The average Bonchev–Trinajstić information content (AvgIpc) is 2.75. The number of rotatable bonds is 3. The van der Waals surface area contributed by atoms with E-state index in [9.17, 15) is 10.1 Å². The summed E-state index contributed by atoms with van der Waals surface area (Å²) in [5.74, 6) is 0.580. The van der Waals surface area contributed by atoms with Gasteiger partial charge in [-0.05, 0) is 24.8 Å². The lowest BCUT2D eigenvalue weighted by molar-refractivity contribution is -0.384. The largest absolute Gasteiger partial charge is 0.423 e. The Morgan fingerprint density at radius 2 is 2.14 bits per heavy atom. The zero-order valence-corrected chi connectivity index (χ0v) is 12.0. The monoisotopic (exact) mass is 289 g/mol. The van der Waals surface area contributed by atoms with E-state index in [1.807, 2.05) is 0 Å². The van der Waals surface area contributed by atoms with E-state index in [-0.39, 0.29) is 5.69 Å². The number of nitrogens with zero attached hydrogens (tertiary/aromatic N) is 2. The number of hydrogen-bond donors (Lipinski definition) is 1. The van der Waals surface area contributed by atoms with Crippen LogP contribution in [0.5, 0.6) is 0 Å². The fourth-order valence-corrected chi connectivity index (χ4v) is 2.95. The zero-order chi connectivity index (χ0) is 14.8. The van der Waals surface area contributed by atoms with Crippen molar-refractivity contribution < 1.29 is 9.34 Å². The van der Waals surface area contributed by atoms with Crippen LogP contribution in [0.1, 0.15) is 39.0 Å². The molecule has 0 spiro atoms. The molecule has 6 nitrogen and oxygen atoms in total. The molecule has 0 amide bonds. The molecule has 112 valence electrons. The van der Waals surface area contributed by atoms with Crippen LogP contribution >= 0.6 is 0 Å². The number of fused-ring (bicyclic) bond motifs is 1. The molecular weight excluding hydrogens is 270 g/mol. The lowest BCUT2D eigenvalue weighted by atomic mass is 9.97. The van der Waals surface area contributed by atoms with Crippen LogP contribution in [0.4, 0.5) is 11.7 Å². The predicted molar refractivity (Wildman–Crippen MR) is 80.3 cm³/mol. The molecule has 1 aliphatic carbocycles. The molecule has 1 N–H and O–H groups in total. The van der Waals surface area contributed by atoms with Crippen molar-refractivity contribution in [2.75, 3.05) is 5.32 Å². The second kappa shape index (κ2) is 5.71. The minimum atomic E-state index is -0.428. The van der Waals surface area contributed by atoms with Gasteiger partial charge in [-0.15, -0.1) is 0 Å². The Morgan fingerprint density at radius 3 is 2.95 bits per heavy atom. The molecule has 3 rings (SSSR count). The van der Waals surface area contributed by atoms with E-state index in [1.54, 1.807) is 6.07 Å². The van der Waals surface area contributed by atoms with Gasteiger partial charge in [0.1, 0.15) is 5.52 Å². The second-order valence-corrected chi connectivity index (χ2v) is 5.79. The van der Waals surface area contributed by atoms with Crippen LogP contribution in [0.25, 0.3) is 11.1 Å². The van der Waals surface area contributed by atoms with Crippen LogP contribution in [-0.2, 0) is 0 Å². The van der Waals surface area contributed by atoms with Crippen LogP contribution in [-0.4, -0.2) is 15.9 Å². The normalized spacial score (nSPS) is 22.9. The van der Waals surface area contributed by atoms with E-state index < -0.39 is 4.92 Å². The van der Waals surface area contributed by atoms with Crippen molar-refractivity contribution in [1.82, 2.24) is 4.98 Å². The average molecular weight is 289 g/mol. The van der Waals surface area contributed by atoms with E-state index in [4.69, 9.17) is 4.42 Å². The third-order valence-corrected chi connectivity index (χ3v) is 4.25. The van der Waals surface area contributed by atoms with Crippen LogP contribution in [0.3, 0.4) is 0 Å². The molecule has 1 heterocycles. The quantitative estimate of drug-likeness (QED) is 0.522. The highest BCUT2D eigenvalue weighted by atomic mass is 16.6. The minimum Gasteiger partial charge on any atom is -0.423 e. The van der Waals surface area contributed by atoms with Crippen molar-refractivity contribution in [2.45, 2.75) is 45.1 Å². The van der Waals surface area contributed by atoms with E-state index in [0.29, 0.717) is 29.1 Å². The van der Waals surface area contributed by atoms with E-state index in [1.165, 1.54) is 37.8 Å². The van der Waals surface area contributed by atoms with Gasteiger partial charge in [0.25, 0.3) is 11.7 Å². The SMILES string of the molecule is CC1CCCCCC1Nc1nc2ccc([N+](=O)[O-])cc2o1. The molecule has 0 aliphatic heterocycles. The third-order valence-electron chi connectivity index (χ3n) is 4.25. The number of aromatic nitrogens is 1. The van der Waals surface area contributed by atoms with Crippen LogP contribution in [0, 0.1) is 16.0 Å². The van der Waals surface area contributed by atoms with E-state index in [0.717, 1.165) is 6.42 Å². The summed E-state index contributed by atoms with van der Waals surface area (Å²) in [6.07, 6.45) is 6.10. The third kappa shape index (κ3) is 2.99. The van der Waals surface area contributed by atoms with Gasteiger partial charge in [0.2, 0.25) is 0 Å². The summed E-state index contributed by atoms with van der Waals surface area (Å²) in [5, 5.41) is 14.1. The Balaban J connectivity index is 1.82. The van der Waals surface area contributed by atoms with Crippen molar-refractivity contribution in [3.05, 3.63) is 28.3 Å². The van der Waals surface area contributed by atoms with Gasteiger partial charge in [0, 0.05) is 12.1 Å². The molecule has 1 aromatic heterocycles. The number of oxazole rings is 1. The maximum atomic E-state index is 10.8. The number of benzene rings is 1. The fourth-order valence-electron chi connectivity index (χ4n) is 2.95. The van der Waals surface area contributed by atoms with Gasteiger partial charge >= 0.3 is 0 Å². The van der Waals surface area contributed by atoms with Gasteiger partial charge in [-0.1, -0.05) is 26.2 Å². The van der Waals surface area contributed by atoms with Crippen LogP contribution < -0.4 is 5.32 Å². The highest BCUT2D eigenvalue weighted by molar-refractivity contribution is 5.77. The molecule has 1 fully saturated rings. The van der Waals surface area contributed by atoms with Crippen molar-refractivity contribution in [3.8, 4) is 0 Å². The summed E-state index contributed by atoms with van der Waals surface area (Å²) < 4.78 is 5.62. The standard InChI is InChI=1S/C15H19N3O3/c1-10-5-3-2-4-6-12(10)16-15-17-13-8-7-11(18(19)20)9-14(13)21-15/h7-10,12H,2-6H2,1H3,(H,16,17). The molecule has 2 aromatic rings. The summed E-state index contributed by atoms with van der Waals surface area (Å²) in [4.78, 5) is 14.7. The molecular formula is C15H19N3O3. The van der Waals surface area contributed by atoms with Gasteiger partial charge in [-0.2, -0.15) is 4.98 Å². The van der Waals surface area contributed by atoms with Crippen molar-refractivity contribution in [2.24, 2.45) is 5.92 Å². The first-order valence-electron chi connectivity index (χ1n) is 7.45.